The SMILES string of the molecule is CCC(CNC(=O)C1CCC(N)C1)Oc1cccc(F)c1. The monoisotopic (exact) mass is 294 g/mol. The number of nitrogens with one attached hydrogen (secondary N) is 1. The van der Waals surface area contributed by atoms with Crippen molar-refractivity contribution in [2.24, 2.45) is 11.7 Å². The van der Waals surface area contributed by atoms with Gasteiger partial charge in [-0.1, -0.05) is 13.0 Å². The molecule has 1 aliphatic rings. The number of nitrogens with two attached hydrogens (primary N) is 1. The van der Waals surface area contributed by atoms with Crippen molar-refractivity contribution in [3.05, 3.63) is 30.1 Å². The molecule has 0 radical (unpaired) electrons. The van der Waals surface area contributed by atoms with Gasteiger partial charge in [0.2, 0.25) is 5.91 Å². The zero-order valence-electron chi connectivity index (χ0n) is 12.3. The molecule has 1 aromatic rings. The Balaban J connectivity index is 1.81. The first-order valence-electron chi connectivity index (χ1n) is 7.54. The molecule has 1 saturated carbocycles. The molecule has 0 aliphatic heterocycles. The Morgan fingerprint density at radius 2 is 2.33 bits per heavy atom. The van der Waals surface area contributed by atoms with Crippen LogP contribution >= 0.6 is 0 Å². The van der Waals surface area contributed by atoms with E-state index in [9.17, 15) is 9.18 Å². The molecular formula is C16H23FN2O2. The molecule has 1 aromatic carbocycles. The maximum absolute atomic E-state index is 13.1. The molecule has 4 nitrogen and oxygen atoms in total. The van der Waals surface area contributed by atoms with Crippen LogP contribution < -0.4 is 15.8 Å². The molecule has 3 unspecified atom stereocenters. The molecule has 1 fully saturated rings. The Morgan fingerprint density at radius 3 is 2.95 bits per heavy atom. The predicted molar refractivity (Wildman–Crippen MR) is 79.4 cm³/mol. The zero-order valence-corrected chi connectivity index (χ0v) is 12.3. The van der Waals surface area contributed by atoms with Gasteiger partial charge < -0.3 is 15.8 Å². The fourth-order valence-electron chi connectivity index (χ4n) is 2.62. The molecule has 1 amide bonds. The van der Waals surface area contributed by atoms with Crippen LogP contribution in [-0.4, -0.2) is 24.6 Å². The summed E-state index contributed by atoms with van der Waals surface area (Å²) in [6.45, 7) is 2.40. The topological polar surface area (TPSA) is 64.4 Å². The Bertz CT molecular complexity index is 481. The van der Waals surface area contributed by atoms with Crippen LogP contribution in [0.4, 0.5) is 4.39 Å². The van der Waals surface area contributed by atoms with Crippen LogP contribution in [0.3, 0.4) is 0 Å². The van der Waals surface area contributed by atoms with Crippen LogP contribution in [0.2, 0.25) is 0 Å². The lowest BCUT2D eigenvalue weighted by molar-refractivity contribution is -0.125. The van der Waals surface area contributed by atoms with Gasteiger partial charge in [-0.3, -0.25) is 4.79 Å². The summed E-state index contributed by atoms with van der Waals surface area (Å²) in [5.41, 5.74) is 5.82. The van der Waals surface area contributed by atoms with E-state index in [4.69, 9.17) is 10.5 Å². The summed E-state index contributed by atoms with van der Waals surface area (Å²) in [5, 5.41) is 2.92. The summed E-state index contributed by atoms with van der Waals surface area (Å²) >= 11 is 0. The smallest absolute Gasteiger partial charge is 0.223 e. The van der Waals surface area contributed by atoms with Crippen LogP contribution in [0, 0.1) is 11.7 Å². The van der Waals surface area contributed by atoms with Gasteiger partial charge in [0, 0.05) is 18.0 Å². The van der Waals surface area contributed by atoms with Gasteiger partial charge in [0.15, 0.2) is 0 Å². The van der Waals surface area contributed by atoms with E-state index < -0.39 is 0 Å². The first kappa shape index (κ1) is 15.8. The highest BCUT2D eigenvalue weighted by Gasteiger charge is 2.27. The molecule has 21 heavy (non-hydrogen) atoms. The van der Waals surface area contributed by atoms with E-state index in [-0.39, 0.29) is 29.8 Å². The van der Waals surface area contributed by atoms with Crippen molar-refractivity contribution in [2.75, 3.05) is 6.54 Å². The number of rotatable bonds is 6. The minimum atomic E-state index is -0.327. The van der Waals surface area contributed by atoms with Crippen LogP contribution in [0.25, 0.3) is 0 Å². The highest BCUT2D eigenvalue weighted by Crippen LogP contribution is 2.24. The molecule has 0 heterocycles. The first-order chi connectivity index (χ1) is 10.1. The standard InChI is InChI=1S/C16H23FN2O2/c1-2-14(21-15-5-3-4-12(17)9-15)10-19-16(20)11-6-7-13(18)8-11/h3-5,9,11,13-14H,2,6-8,10,18H2,1H3,(H,19,20). The number of hydrogen-bond donors (Lipinski definition) is 2. The molecule has 0 saturated heterocycles. The third-order valence-corrected chi connectivity index (χ3v) is 3.90. The molecule has 3 atom stereocenters. The minimum absolute atomic E-state index is 0.0201. The van der Waals surface area contributed by atoms with Crippen molar-refractivity contribution in [1.29, 1.82) is 0 Å². The molecule has 3 N–H and O–H groups in total. The van der Waals surface area contributed by atoms with E-state index >= 15 is 0 Å². The summed E-state index contributed by atoms with van der Waals surface area (Å²) in [7, 11) is 0. The third-order valence-electron chi connectivity index (χ3n) is 3.90. The fraction of sp³-hybridized carbons (Fsp3) is 0.562. The third kappa shape index (κ3) is 4.70. The second-order valence-electron chi connectivity index (χ2n) is 5.62. The molecule has 1 aliphatic carbocycles. The Kier molecular flexibility index (Phi) is 5.56. The van der Waals surface area contributed by atoms with Crippen molar-refractivity contribution in [3.8, 4) is 5.75 Å². The fourth-order valence-corrected chi connectivity index (χ4v) is 2.62. The molecule has 116 valence electrons. The zero-order chi connectivity index (χ0) is 15.2. The highest BCUT2D eigenvalue weighted by molar-refractivity contribution is 5.79. The lowest BCUT2D eigenvalue weighted by Crippen LogP contribution is -2.38. The number of carbonyl (C=O) groups excluding carboxylic acids is 1. The maximum atomic E-state index is 13.1. The van der Waals surface area contributed by atoms with Crippen molar-refractivity contribution >= 4 is 5.91 Å². The predicted octanol–water partition coefficient (Wildman–Crippen LogP) is 2.23. The lowest BCUT2D eigenvalue weighted by atomic mass is 10.1. The van der Waals surface area contributed by atoms with Gasteiger partial charge in [0.05, 0.1) is 6.54 Å². The van der Waals surface area contributed by atoms with Crippen LogP contribution in [-0.2, 0) is 4.79 Å². The molecule has 5 heteroatoms. The number of amides is 1. The average Bonchev–Trinajstić information content (AvgIpc) is 2.90. The second-order valence-corrected chi connectivity index (χ2v) is 5.62. The summed E-state index contributed by atoms with van der Waals surface area (Å²) in [5.74, 6) is 0.223. The highest BCUT2D eigenvalue weighted by atomic mass is 19.1. The minimum Gasteiger partial charge on any atom is -0.489 e. The van der Waals surface area contributed by atoms with Crippen LogP contribution in [0.5, 0.6) is 5.75 Å². The van der Waals surface area contributed by atoms with Gasteiger partial charge in [-0.15, -0.1) is 0 Å². The van der Waals surface area contributed by atoms with Crippen molar-refractivity contribution in [1.82, 2.24) is 5.32 Å². The van der Waals surface area contributed by atoms with Gasteiger partial charge in [0.1, 0.15) is 17.7 Å². The molecule has 0 aromatic heterocycles. The molecular weight excluding hydrogens is 271 g/mol. The van der Waals surface area contributed by atoms with Gasteiger partial charge in [0.25, 0.3) is 0 Å². The van der Waals surface area contributed by atoms with Gasteiger partial charge in [-0.05, 0) is 37.8 Å². The maximum Gasteiger partial charge on any atom is 0.223 e. The van der Waals surface area contributed by atoms with Crippen molar-refractivity contribution < 1.29 is 13.9 Å². The number of carbonyl (C=O) groups is 1. The second kappa shape index (κ2) is 7.41. The van der Waals surface area contributed by atoms with E-state index in [1.165, 1.54) is 12.1 Å². The largest absolute Gasteiger partial charge is 0.489 e. The average molecular weight is 294 g/mol. The summed E-state index contributed by atoms with van der Waals surface area (Å²) in [6.07, 6.45) is 3.10. The Morgan fingerprint density at radius 1 is 1.52 bits per heavy atom. The van der Waals surface area contributed by atoms with E-state index in [1.807, 2.05) is 6.92 Å². The molecule has 0 bridgehead atoms. The van der Waals surface area contributed by atoms with Crippen LogP contribution in [0.1, 0.15) is 32.6 Å². The van der Waals surface area contributed by atoms with E-state index in [1.54, 1.807) is 12.1 Å². The van der Waals surface area contributed by atoms with Crippen molar-refractivity contribution in [3.63, 3.8) is 0 Å². The normalized spacial score (nSPS) is 22.8. The number of benzene rings is 1. The van der Waals surface area contributed by atoms with E-state index in [2.05, 4.69) is 5.32 Å². The quantitative estimate of drug-likeness (QED) is 0.845. The van der Waals surface area contributed by atoms with Gasteiger partial charge in [-0.2, -0.15) is 0 Å². The first-order valence-corrected chi connectivity index (χ1v) is 7.54. The Labute approximate surface area is 124 Å². The number of hydrogen-bond acceptors (Lipinski definition) is 3. The van der Waals surface area contributed by atoms with E-state index in [0.717, 1.165) is 25.7 Å². The number of halogens is 1. The van der Waals surface area contributed by atoms with Gasteiger partial charge in [-0.25, -0.2) is 4.39 Å². The molecule has 2 rings (SSSR count). The lowest BCUT2D eigenvalue weighted by Gasteiger charge is -2.19. The van der Waals surface area contributed by atoms with Gasteiger partial charge >= 0.3 is 0 Å². The van der Waals surface area contributed by atoms with Crippen molar-refractivity contribution in [2.45, 2.75) is 44.8 Å². The van der Waals surface area contributed by atoms with Crippen LogP contribution in [0.15, 0.2) is 24.3 Å². The number of ether oxygens (including phenoxy) is 1. The summed E-state index contributed by atoms with van der Waals surface area (Å²) in [6, 6.07) is 6.19. The molecule has 0 spiro atoms. The summed E-state index contributed by atoms with van der Waals surface area (Å²) < 4.78 is 18.8. The Hall–Kier alpha value is -1.62. The van der Waals surface area contributed by atoms with E-state index in [0.29, 0.717) is 12.3 Å². The summed E-state index contributed by atoms with van der Waals surface area (Å²) in [4.78, 5) is 12.0.